The first-order chi connectivity index (χ1) is 11.9. The normalized spacial score (nSPS) is 25.2. The van der Waals surface area contributed by atoms with E-state index in [4.69, 9.17) is 21.2 Å². The van der Waals surface area contributed by atoms with Crippen molar-refractivity contribution in [1.29, 1.82) is 0 Å². The molecule has 0 aromatic heterocycles. The molecule has 2 aliphatic rings. The molecule has 1 unspecified atom stereocenters. The first-order valence-corrected chi connectivity index (χ1v) is 8.31. The lowest BCUT2D eigenvalue weighted by atomic mass is 9.96. The number of nitrogens with zero attached hydrogens (tertiary/aromatic N) is 3. The quantitative estimate of drug-likeness (QED) is 0.340. The number of nitrogens with one attached hydrogen (secondary N) is 1. The van der Waals surface area contributed by atoms with Crippen LogP contribution in [0.4, 0.5) is 0 Å². The lowest BCUT2D eigenvalue weighted by molar-refractivity contribution is 0.159. The van der Waals surface area contributed by atoms with E-state index in [-0.39, 0.29) is 12.1 Å². The van der Waals surface area contributed by atoms with Crippen molar-refractivity contribution < 1.29 is 9.57 Å². The molecule has 0 aromatic rings. The maximum atomic E-state index is 6.28. The summed E-state index contributed by atoms with van der Waals surface area (Å²) < 4.78 is 5.57. The Balaban J connectivity index is 2.38. The zero-order chi connectivity index (χ0) is 18.6. The van der Waals surface area contributed by atoms with Crippen molar-refractivity contribution in [1.82, 2.24) is 5.32 Å². The van der Waals surface area contributed by atoms with Crippen LogP contribution in [0, 0.1) is 5.92 Å². The number of methoxy groups -OCH3 is 1. The van der Waals surface area contributed by atoms with Crippen molar-refractivity contribution in [3.05, 3.63) is 47.4 Å². The van der Waals surface area contributed by atoms with E-state index in [2.05, 4.69) is 33.6 Å². The molecule has 1 saturated heterocycles. The van der Waals surface area contributed by atoms with Crippen LogP contribution in [-0.2, 0) is 9.57 Å². The molecule has 0 amide bonds. The Morgan fingerprint density at radius 1 is 1.48 bits per heavy atom. The Kier molecular flexibility index (Phi) is 6.20. The van der Waals surface area contributed by atoms with Crippen LogP contribution in [0.5, 0.6) is 0 Å². The predicted molar refractivity (Wildman–Crippen MR) is 103 cm³/mol. The molecular weight excluding hydrogens is 340 g/mol. The molecule has 7 heteroatoms. The van der Waals surface area contributed by atoms with Crippen molar-refractivity contribution in [3.8, 4) is 0 Å². The van der Waals surface area contributed by atoms with Crippen LogP contribution in [0.25, 0.3) is 0 Å². The van der Waals surface area contributed by atoms with Crippen LogP contribution < -0.4 is 5.32 Å². The Morgan fingerprint density at radius 3 is 2.84 bits per heavy atom. The summed E-state index contributed by atoms with van der Waals surface area (Å²) in [5.74, 6) is 0.470. The predicted octanol–water partition coefficient (Wildman–Crippen LogP) is 3.54. The average Bonchev–Trinajstić information content (AvgIpc) is 2.92. The van der Waals surface area contributed by atoms with Gasteiger partial charge in [0.2, 0.25) is 0 Å². The summed E-state index contributed by atoms with van der Waals surface area (Å²) >= 11 is 6.28. The summed E-state index contributed by atoms with van der Waals surface area (Å²) in [5, 5.41) is 7.71. The van der Waals surface area contributed by atoms with Crippen LogP contribution in [-0.4, -0.2) is 37.1 Å². The number of hydrogen-bond acceptors (Lipinski definition) is 6. The van der Waals surface area contributed by atoms with Gasteiger partial charge in [-0.2, -0.15) is 0 Å². The minimum Gasteiger partial charge on any atom is -0.496 e. The van der Waals surface area contributed by atoms with Gasteiger partial charge in [-0.05, 0) is 43.6 Å². The highest BCUT2D eigenvalue weighted by atomic mass is 35.5. The van der Waals surface area contributed by atoms with Gasteiger partial charge in [0, 0.05) is 5.70 Å². The number of halogens is 1. The van der Waals surface area contributed by atoms with Crippen LogP contribution in [0.2, 0.25) is 0 Å². The topological polar surface area (TPSA) is 67.6 Å². The van der Waals surface area contributed by atoms with Gasteiger partial charge >= 0.3 is 0 Å². The van der Waals surface area contributed by atoms with Gasteiger partial charge in [-0.3, -0.25) is 0 Å². The minimum atomic E-state index is -0.188. The summed E-state index contributed by atoms with van der Waals surface area (Å²) in [4.78, 5) is 13.5. The second kappa shape index (κ2) is 8.16. The standard InChI is InChI=1S/C18H23ClN4O2/c1-7-25-23-12(4)10(2)11(3)15(24-6)8-14-13(5)22-18-16(14)17(19)20-9-21-18/h8-9,16,18,22H,2,5,7H2,1,3-4,6H3/b14-8+,15-11-,23-12-/t16-,18?/m0/s1. The SMILES string of the molecule is C=C1NC2N=CN=C(Cl)[C@@H]2/C1=C/C(OC)=C(\C)C(=C)/C(C)=N\OCC. The maximum Gasteiger partial charge on any atom is 0.134 e. The molecule has 0 aromatic carbocycles. The van der Waals surface area contributed by atoms with Crippen molar-refractivity contribution in [2.75, 3.05) is 13.7 Å². The summed E-state index contributed by atoms with van der Waals surface area (Å²) in [6, 6.07) is 0. The number of aliphatic imine (C=N–C) groups is 2. The lowest BCUT2D eigenvalue weighted by Crippen LogP contribution is -2.30. The first-order valence-electron chi connectivity index (χ1n) is 7.94. The number of ether oxygens (including phenoxy) is 1. The smallest absolute Gasteiger partial charge is 0.134 e. The van der Waals surface area contributed by atoms with E-state index < -0.39 is 0 Å². The first kappa shape index (κ1) is 19.0. The third-order valence-corrected chi connectivity index (χ3v) is 4.42. The zero-order valence-electron chi connectivity index (χ0n) is 15.0. The van der Waals surface area contributed by atoms with Gasteiger partial charge < -0.3 is 14.9 Å². The summed E-state index contributed by atoms with van der Waals surface area (Å²) in [7, 11) is 1.61. The molecule has 0 radical (unpaired) electrons. The van der Waals surface area contributed by atoms with E-state index in [1.54, 1.807) is 7.11 Å². The van der Waals surface area contributed by atoms with Crippen molar-refractivity contribution >= 4 is 28.8 Å². The molecule has 25 heavy (non-hydrogen) atoms. The fourth-order valence-corrected chi connectivity index (χ4v) is 2.88. The van der Waals surface area contributed by atoms with Crippen molar-refractivity contribution in [2.45, 2.75) is 26.9 Å². The van der Waals surface area contributed by atoms with Crippen LogP contribution in [0.3, 0.4) is 0 Å². The largest absolute Gasteiger partial charge is 0.496 e. The van der Waals surface area contributed by atoms with E-state index in [0.717, 1.165) is 22.4 Å². The average molecular weight is 363 g/mol. The molecule has 2 aliphatic heterocycles. The minimum absolute atomic E-state index is 0.177. The molecule has 134 valence electrons. The molecule has 1 N–H and O–H groups in total. The number of oxime groups is 1. The molecule has 1 fully saturated rings. The van der Waals surface area contributed by atoms with Gasteiger partial charge in [0.25, 0.3) is 0 Å². The van der Waals surface area contributed by atoms with Gasteiger partial charge in [-0.15, -0.1) is 0 Å². The monoisotopic (exact) mass is 362 g/mol. The molecule has 6 nitrogen and oxygen atoms in total. The number of allylic oxidation sites excluding steroid dienone is 4. The summed E-state index contributed by atoms with van der Waals surface area (Å²) in [6.45, 7) is 14.3. The highest BCUT2D eigenvalue weighted by Gasteiger charge is 2.38. The molecule has 0 bridgehead atoms. The fraction of sp³-hybridized carbons (Fsp3) is 0.389. The van der Waals surface area contributed by atoms with E-state index >= 15 is 0 Å². The molecule has 0 saturated carbocycles. The second-order valence-electron chi connectivity index (χ2n) is 5.63. The molecule has 2 heterocycles. The maximum absolute atomic E-state index is 6.28. The number of hydrogen-bond donors (Lipinski definition) is 1. The number of rotatable bonds is 6. The summed E-state index contributed by atoms with van der Waals surface area (Å²) in [5.41, 5.74) is 3.90. The number of fused-ring (bicyclic) bond motifs is 1. The van der Waals surface area contributed by atoms with Crippen molar-refractivity contribution in [3.63, 3.8) is 0 Å². The van der Waals surface area contributed by atoms with Crippen LogP contribution >= 0.6 is 11.6 Å². The van der Waals surface area contributed by atoms with Crippen molar-refractivity contribution in [2.24, 2.45) is 21.1 Å². The highest BCUT2D eigenvalue weighted by Crippen LogP contribution is 2.35. The Morgan fingerprint density at radius 2 is 2.20 bits per heavy atom. The van der Waals surface area contributed by atoms with E-state index in [1.165, 1.54) is 6.34 Å². The van der Waals surface area contributed by atoms with Gasteiger partial charge in [0.1, 0.15) is 30.0 Å². The van der Waals surface area contributed by atoms with Gasteiger partial charge in [-0.25, -0.2) is 9.98 Å². The molecular formula is C18H23ClN4O2. The Labute approximate surface area is 153 Å². The second-order valence-corrected chi connectivity index (χ2v) is 6.02. The fourth-order valence-electron chi connectivity index (χ4n) is 2.60. The lowest BCUT2D eigenvalue weighted by Gasteiger charge is -2.17. The molecule has 0 spiro atoms. The molecule has 2 rings (SSSR count). The van der Waals surface area contributed by atoms with Gasteiger partial charge in [0.15, 0.2) is 0 Å². The zero-order valence-corrected chi connectivity index (χ0v) is 15.7. The van der Waals surface area contributed by atoms with Gasteiger partial charge in [-0.1, -0.05) is 29.9 Å². The highest BCUT2D eigenvalue weighted by molar-refractivity contribution is 6.67. The molecule has 0 aliphatic carbocycles. The third kappa shape index (κ3) is 4.02. The van der Waals surface area contributed by atoms with E-state index in [1.807, 2.05) is 26.8 Å². The van der Waals surface area contributed by atoms with Crippen LogP contribution in [0.1, 0.15) is 20.8 Å². The Hall–Kier alpha value is -2.34. The van der Waals surface area contributed by atoms with E-state index in [0.29, 0.717) is 23.2 Å². The molecule has 2 atom stereocenters. The Bertz CT molecular complexity index is 731. The van der Waals surface area contributed by atoms with Crippen LogP contribution in [0.15, 0.2) is 62.5 Å². The van der Waals surface area contributed by atoms with Gasteiger partial charge in [0.05, 0.1) is 18.7 Å². The van der Waals surface area contributed by atoms with E-state index in [9.17, 15) is 0 Å². The third-order valence-electron chi connectivity index (χ3n) is 4.08. The summed E-state index contributed by atoms with van der Waals surface area (Å²) in [6.07, 6.45) is 3.17.